The topological polar surface area (TPSA) is 72.1 Å². The summed E-state index contributed by atoms with van der Waals surface area (Å²) in [5, 5.41) is 11.1. The third-order valence-electron chi connectivity index (χ3n) is 4.63. The molecule has 2 aromatic heterocycles. The van der Waals surface area contributed by atoms with E-state index in [1.807, 2.05) is 49.4 Å². The van der Waals surface area contributed by atoms with E-state index in [0.717, 1.165) is 37.4 Å². The van der Waals surface area contributed by atoms with Crippen molar-refractivity contribution in [1.29, 1.82) is 0 Å². The summed E-state index contributed by atoms with van der Waals surface area (Å²) in [5.41, 5.74) is 1.99. The molecular formula is C20H22N4O2. The fourth-order valence-corrected chi connectivity index (χ4v) is 3.23. The van der Waals surface area contributed by atoms with E-state index in [2.05, 4.69) is 15.7 Å². The van der Waals surface area contributed by atoms with Gasteiger partial charge in [0.05, 0.1) is 11.3 Å². The number of para-hydroxylation sites is 1. The molecule has 1 saturated heterocycles. The molecule has 0 bridgehead atoms. The lowest BCUT2D eigenvalue weighted by molar-refractivity contribution is 0.0930. The summed E-state index contributed by atoms with van der Waals surface area (Å²) in [7, 11) is 0. The molecule has 6 heteroatoms. The minimum atomic E-state index is -0.108. The van der Waals surface area contributed by atoms with Crippen molar-refractivity contribution < 1.29 is 9.21 Å². The number of nitrogens with one attached hydrogen (secondary N) is 2. The number of benzene rings is 1. The number of hydrogen-bond acceptors (Lipinski definition) is 4. The standard InChI is InChI=1S/C20H22N4O2/c1-14-7-8-18(26-14)19-17(20(25)22-15-9-11-21-12-10-15)13-24(23-19)16-5-3-2-4-6-16/h2-8,13,15,21H,9-12H2,1H3,(H,22,25). The number of rotatable bonds is 4. The Kier molecular flexibility index (Phi) is 4.58. The molecule has 0 spiro atoms. The molecule has 1 amide bonds. The number of hydrogen-bond donors (Lipinski definition) is 2. The number of piperidine rings is 1. The lowest BCUT2D eigenvalue weighted by atomic mass is 10.1. The van der Waals surface area contributed by atoms with Crippen LogP contribution in [0.1, 0.15) is 29.0 Å². The van der Waals surface area contributed by atoms with Gasteiger partial charge in [-0.25, -0.2) is 4.68 Å². The summed E-state index contributed by atoms with van der Waals surface area (Å²) < 4.78 is 7.46. The molecule has 2 N–H and O–H groups in total. The van der Waals surface area contributed by atoms with Crippen molar-refractivity contribution in [1.82, 2.24) is 20.4 Å². The van der Waals surface area contributed by atoms with Crippen LogP contribution in [0.3, 0.4) is 0 Å². The van der Waals surface area contributed by atoms with E-state index in [0.29, 0.717) is 17.0 Å². The highest BCUT2D eigenvalue weighted by atomic mass is 16.3. The Morgan fingerprint density at radius 1 is 1.19 bits per heavy atom. The minimum Gasteiger partial charge on any atom is -0.460 e. The molecule has 0 radical (unpaired) electrons. The molecule has 0 atom stereocenters. The Hall–Kier alpha value is -2.86. The summed E-state index contributed by atoms with van der Waals surface area (Å²) >= 11 is 0. The zero-order valence-corrected chi connectivity index (χ0v) is 14.7. The van der Waals surface area contributed by atoms with Crippen LogP contribution in [0.25, 0.3) is 17.1 Å². The lowest BCUT2D eigenvalue weighted by Gasteiger charge is -2.23. The molecule has 3 aromatic rings. The predicted molar refractivity (Wildman–Crippen MR) is 99.4 cm³/mol. The Labute approximate surface area is 152 Å². The monoisotopic (exact) mass is 350 g/mol. The third-order valence-corrected chi connectivity index (χ3v) is 4.63. The van der Waals surface area contributed by atoms with Gasteiger partial charge < -0.3 is 15.1 Å². The van der Waals surface area contributed by atoms with Crippen molar-refractivity contribution in [2.24, 2.45) is 0 Å². The van der Waals surface area contributed by atoms with Crippen LogP contribution in [0.5, 0.6) is 0 Å². The van der Waals surface area contributed by atoms with E-state index < -0.39 is 0 Å². The number of carbonyl (C=O) groups excluding carboxylic acids is 1. The zero-order chi connectivity index (χ0) is 17.9. The van der Waals surface area contributed by atoms with Crippen LogP contribution in [0, 0.1) is 6.92 Å². The Morgan fingerprint density at radius 3 is 2.65 bits per heavy atom. The van der Waals surface area contributed by atoms with Gasteiger partial charge >= 0.3 is 0 Å². The van der Waals surface area contributed by atoms with E-state index in [-0.39, 0.29) is 11.9 Å². The number of carbonyl (C=O) groups is 1. The maximum atomic E-state index is 12.9. The molecule has 26 heavy (non-hydrogen) atoms. The van der Waals surface area contributed by atoms with Gasteiger partial charge in [0, 0.05) is 12.2 Å². The van der Waals surface area contributed by atoms with Crippen molar-refractivity contribution in [2.75, 3.05) is 13.1 Å². The van der Waals surface area contributed by atoms with Gasteiger partial charge in [-0.3, -0.25) is 4.79 Å². The fourth-order valence-electron chi connectivity index (χ4n) is 3.23. The zero-order valence-electron chi connectivity index (χ0n) is 14.7. The van der Waals surface area contributed by atoms with Crippen LogP contribution in [0.4, 0.5) is 0 Å². The van der Waals surface area contributed by atoms with E-state index in [1.165, 1.54) is 0 Å². The van der Waals surface area contributed by atoms with Crippen molar-refractivity contribution in [3.63, 3.8) is 0 Å². The van der Waals surface area contributed by atoms with Gasteiger partial charge in [-0.1, -0.05) is 18.2 Å². The molecule has 4 rings (SSSR count). The quantitative estimate of drug-likeness (QED) is 0.759. The first-order chi connectivity index (χ1) is 12.7. The van der Waals surface area contributed by atoms with Gasteiger partial charge in [-0.15, -0.1) is 0 Å². The maximum absolute atomic E-state index is 12.9. The molecular weight excluding hydrogens is 328 g/mol. The van der Waals surface area contributed by atoms with E-state index in [4.69, 9.17) is 4.42 Å². The van der Waals surface area contributed by atoms with Crippen LogP contribution < -0.4 is 10.6 Å². The van der Waals surface area contributed by atoms with E-state index in [1.54, 1.807) is 10.9 Å². The van der Waals surface area contributed by atoms with Crippen LogP contribution in [0.15, 0.2) is 53.1 Å². The molecule has 134 valence electrons. The van der Waals surface area contributed by atoms with Crippen LogP contribution >= 0.6 is 0 Å². The number of aromatic nitrogens is 2. The van der Waals surface area contributed by atoms with Gasteiger partial charge in [0.2, 0.25) is 0 Å². The molecule has 3 heterocycles. The molecule has 1 aromatic carbocycles. The number of nitrogens with zero attached hydrogens (tertiary/aromatic N) is 2. The highest BCUT2D eigenvalue weighted by Gasteiger charge is 2.23. The second-order valence-electron chi connectivity index (χ2n) is 6.58. The van der Waals surface area contributed by atoms with Gasteiger partial charge in [-0.2, -0.15) is 5.10 Å². The minimum absolute atomic E-state index is 0.108. The first kappa shape index (κ1) is 16.6. The number of aryl methyl sites for hydroxylation is 1. The van der Waals surface area contributed by atoms with Gasteiger partial charge in [0.15, 0.2) is 5.76 Å². The molecule has 0 aliphatic carbocycles. The van der Waals surface area contributed by atoms with Crippen molar-refractivity contribution in [3.8, 4) is 17.1 Å². The number of furan rings is 1. The van der Waals surface area contributed by atoms with Crippen LogP contribution in [-0.4, -0.2) is 34.8 Å². The average molecular weight is 350 g/mol. The van der Waals surface area contributed by atoms with Crippen LogP contribution in [0.2, 0.25) is 0 Å². The Balaban J connectivity index is 1.69. The number of amides is 1. The largest absolute Gasteiger partial charge is 0.460 e. The highest BCUT2D eigenvalue weighted by Crippen LogP contribution is 2.26. The van der Waals surface area contributed by atoms with Gasteiger partial charge in [0.25, 0.3) is 5.91 Å². The van der Waals surface area contributed by atoms with Crippen molar-refractivity contribution in [2.45, 2.75) is 25.8 Å². The lowest BCUT2D eigenvalue weighted by Crippen LogP contribution is -2.42. The molecule has 1 fully saturated rings. The van der Waals surface area contributed by atoms with Gasteiger partial charge in [0.1, 0.15) is 11.5 Å². The average Bonchev–Trinajstić information content (AvgIpc) is 3.30. The van der Waals surface area contributed by atoms with E-state index in [9.17, 15) is 4.79 Å². The smallest absolute Gasteiger partial charge is 0.255 e. The predicted octanol–water partition coefficient (Wildman–Crippen LogP) is 2.92. The summed E-state index contributed by atoms with van der Waals surface area (Å²) in [4.78, 5) is 12.9. The molecule has 6 nitrogen and oxygen atoms in total. The first-order valence-electron chi connectivity index (χ1n) is 8.94. The molecule has 1 aliphatic rings. The second-order valence-corrected chi connectivity index (χ2v) is 6.58. The van der Waals surface area contributed by atoms with E-state index >= 15 is 0 Å². The summed E-state index contributed by atoms with van der Waals surface area (Å²) in [6.45, 7) is 3.74. The van der Waals surface area contributed by atoms with Gasteiger partial charge in [-0.05, 0) is 57.1 Å². The van der Waals surface area contributed by atoms with Crippen molar-refractivity contribution >= 4 is 5.91 Å². The molecule has 0 saturated carbocycles. The van der Waals surface area contributed by atoms with Crippen LogP contribution in [-0.2, 0) is 0 Å². The summed E-state index contributed by atoms with van der Waals surface area (Å²) in [5.74, 6) is 1.29. The summed E-state index contributed by atoms with van der Waals surface area (Å²) in [6.07, 6.45) is 3.65. The maximum Gasteiger partial charge on any atom is 0.255 e. The third kappa shape index (κ3) is 3.41. The molecule has 1 aliphatic heterocycles. The fraction of sp³-hybridized carbons (Fsp3) is 0.300. The molecule has 0 unspecified atom stereocenters. The highest BCUT2D eigenvalue weighted by molar-refractivity contribution is 5.99. The second kappa shape index (κ2) is 7.17. The SMILES string of the molecule is Cc1ccc(-c2nn(-c3ccccc3)cc2C(=O)NC2CCNCC2)o1. The Morgan fingerprint density at radius 2 is 1.96 bits per heavy atom. The first-order valence-corrected chi connectivity index (χ1v) is 8.94. The summed E-state index contributed by atoms with van der Waals surface area (Å²) in [6, 6.07) is 13.7. The Bertz CT molecular complexity index is 892. The normalized spacial score (nSPS) is 15.1. The van der Waals surface area contributed by atoms with Crippen molar-refractivity contribution in [3.05, 3.63) is 60.0 Å².